The van der Waals surface area contributed by atoms with Crippen molar-refractivity contribution >= 4 is 77.7 Å². The van der Waals surface area contributed by atoms with Gasteiger partial charge in [0.25, 0.3) is 0 Å². The number of hydrogen-bond acceptors (Lipinski definition) is 2. The van der Waals surface area contributed by atoms with E-state index in [0.717, 1.165) is 67.2 Å². The monoisotopic (exact) mass is 750 g/mol. The molecule has 272 valence electrons. The number of para-hydroxylation sites is 5. The van der Waals surface area contributed by atoms with Crippen LogP contribution in [0.15, 0.2) is 188 Å². The minimum Gasteiger partial charge on any atom is -0.551 e. The summed E-state index contributed by atoms with van der Waals surface area (Å²) in [5.41, 5.74) is 16.1. The Balaban J connectivity index is 0.914. The van der Waals surface area contributed by atoms with E-state index in [1.807, 2.05) is 0 Å². The summed E-state index contributed by atoms with van der Waals surface area (Å²) in [4.78, 5) is 0. The molecule has 14 rings (SSSR count). The Labute approximate surface area is 339 Å². The van der Waals surface area contributed by atoms with Gasteiger partial charge < -0.3 is 18.4 Å². The van der Waals surface area contributed by atoms with Gasteiger partial charge in [-0.1, -0.05) is 115 Å². The van der Waals surface area contributed by atoms with Gasteiger partial charge in [-0.05, 0) is 101 Å². The molecule has 5 heterocycles. The van der Waals surface area contributed by atoms with Crippen molar-refractivity contribution in [1.82, 2.24) is 8.97 Å². The molecule has 2 aliphatic rings. The van der Waals surface area contributed by atoms with Crippen LogP contribution in [0.5, 0.6) is 17.2 Å². The normalized spacial score (nSPS) is 13.0. The van der Waals surface area contributed by atoms with Crippen LogP contribution in [0.4, 0.5) is 0 Å². The molecule has 2 aliphatic heterocycles. The fourth-order valence-corrected chi connectivity index (χ4v) is 10.3. The van der Waals surface area contributed by atoms with E-state index in [0.29, 0.717) is 0 Å². The van der Waals surface area contributed by atoms with E-state index in [-0.39, 0.29) is 6.92 Å². The average Bonchev–Trinajstić information content (AvgIpc) is 3.94. The summed E-state index contributed by atoms with van der Waals surface area (Å²) < 4.78 is 18.7. The van der Waals surface area contributed by atoms with Crippen molar-refractivity contribution in [3.63, 3.8) is 0 Å². The van der Waals surface area contributed by atoms with E-state index in [2.05, 4.69) is 197 Å². The Morgan fingerprint density at radius 1 is 0.373 bits per heavy atom. The van der Waals surface area contributed by atoms with E-state index in [1.54, 1.807) is 0 Å². The Kier molecular flexibility index (Phi) is 6.07. The smallest absolute Gasteiger partial charge is 0.434 e. The first-order valence-corrected chi connectivity index (χ1v) is 20.3. The highest BCUT2D eigenvalue weighted by Gasteiger charge is 2.41. The molecule has 0 spiro atoms. The molecule has 0 N–H and O–H groups in total. The molecule has 9 aromatic carbocycles. The zero-order chi connectivity index (χ0) is 38.3. The van der Waals surface area contributed by atoms with Crippen LogP contribution in [0.2, 0.25) is 0 Å². The van der Waals surface area contributed by atoms with Crippen molar-refractivity contribution in [3.05, 3.63) is 188 Å². The highest BCUT2D eigenvalue weighted by atomic mass is 16.5. The molecular weight excluding hydrogens is 719 g/mol. The predicted molar refractivity (Wildman–Crippen MR) is 244 cm³/mol. The Bertz CT molecular complexity index is 3610. The number of benzene rings is 9. The standard InChI is InChI=1S/C54H31BN2O2/c1-6-16-46-37(11-1)38-12-2-7-17-47(38)56(46)36-24-21-32(22-25-36)33-23-26-45-51(30-33)58-52-31-35(27-42-41-15-5-10-20-50(41)59-55(45)53(42)52)34-28-43-39-13-3-8-18-48(39)57-49-19-9-4-14-40(49)44(29-34)54(43)57/h1-31H. The van der Waals surface area contributed by atoms with Crippen LogP contribution in [-0.4, -0.2) is 15.9 Å². The first-order valence-electron chi connectivity index (χ1n) is 20.3. The quantitative estimate of drug-likeness (QED) is 0.168. The maximum atomic E-state index is 7.02. The van der Waals surface area contributed by atoms with Gasteiger partial charge in [-0.15, -0.1) is 0 Å². The number of ether oxygens (including phenoxy) is 1. The molecule has 0 fully saturated rings. The van der Waals surface area contributed by atoms with Crippen molar-refractivity contribution in [2.75, 3.05) is 0 Å². The third-order valence-electron chi connectivity index (χ3n) is 12.9. The molecular formula is C54H31BN2O2. The molecule has 0 atom stereocenters. The van der Waals surface area contributed by atoms with Crippen LogP contribution >= 0.6 is 0 Å². The molecule has 0 amide bonds. The topological polar surface area (TPSA) is 27.8 Å². The zero-order valence-corrected chi connectivity index (χ0v) is 31.7. The average molecular weight is 751 g/mol. The van der Waals surface area contributed by atoms with E-state index in [4.69, 9.17) is 9.39 Å². The van der Waals surface area contributed by atoms with Gasteiger partial charge in [0.1, 0.15) is 17.2 Å². The summed E-state index contributed by atoms with van der Waals surface area (Å²) >= 11 is 0. The fraction of sp³-hybridized carbons (Fsp3) is 0. The lowest BCUT2D eigenvalue weighted by atomic mass is 9.50. The van der Waals surface area contributed by atoms with Crippen molar-refractivity contribution in [3.8, 4) is 56.3 Å². The molecule has 5 heteroatoms. The Morgan fingerprint density at radius 3 is 1.59 bits per heavy atom. The molecule has 0 saturated heterocycles. The van der Waals surface area contributed by atoms with Crippen LogP contribution in [0.1, 0.15) is 0 Å². The summed E-state index contributed by atoms with van der Waals surface area (Å²) in [5, 5.41) is 7.57. The van der Waals surface area contributed by atoms with Crippen molar-refractivity contribution in [2.45, 2.75) is 0 Å². The summed E-state index contributed by atoms with van der Waals surface area (Å²) in [6, 6.07) is 68.0. The van der Waals surface area contributed by atoms with Gasteiger partial charge in [0.15, 0.2) is 0 Å². The summed E-state index contributed by atoms with van der Waals surface area (Å²) in [6.45, 7) is -0.288. The molecule has 0 radical (unpaired) electrons. The van der Waals surface area contributed by atoms with Crippen molar-refractivity contribution in [2.24, 2.45) is 0 Å². The van der Waals surface area contributed by atoms with Gasteiger partial charge >= 0.3 is 6.92 Å². The van der Waals surface area contributed by atoms with Crippen LogP contribution < -0.4 is 20.3 Å². The number of nitrogens with zero attached hydrogens (tertiary/aromatic N) is 2. The van der Waals surface area contributed by atoms with E-state index >= 15 is 0 Å². The van der Waals surface area contributed by atoms with E-state index < -0.39 is 0 Å². The third kappa shape index (κ3) is 4.23. The highest BCUT2D eigenvalue weighted by molar-refractivity contribution is 6.84. The maximum Gasteiger partial charge on any atom is 0.434 e. The first-order chi connectivity index (χ1) is 29.2. The predicted octanol–water partition coefficient (Wildman–Crippen LogP) is 12.5. The van der Waals surface area contributed by atoms with Gasteiger partial charge in [-0.25, -0.2) is 0 Å². The largest absolute Gasteiger partial charge is 0.551 e. The second-order valence-corrected chi connectivity index (χ2v) is 16.0. The number of hydrogen-bond donors (Lipinski definition) is 0. The minimum absolute atomic E-state index is 0.288. The molecule has 59 heavy (non-hydrogen) atoms. The Hall–Kier alpha value is -7.76. The summed E-state index contributed by atoms with van der Waals surface area (Å²) in [6.07, 6.45) is 0. The number of fused-ring (bicyclic) bond motifs is 13. The summed E-state index contributed by atoms with van der Waals surface area (Å²) in [5.74, 6) is 2.54. The van der Waals surface area contributed by atoms with Crippen LogP contribution in [0, 0.1) is 0 Å². The van der Waals surface area contributed by atoms with E-state index in [9.17, 15) is 0 Å². The lowest BCUT2D eigenvalue weighted by Crippen LogP contribution is -2.53. The molecule has 12 aromatic rings. The van der Waals surface area contributed by atoms with Gasteiger partial charge in [0.05, 0.1) is 27.6 Å². The van der Waals surface area contributed by atoms with Crippen molar-refractivity contribution in [1.29, 1.82) is 0 Å². The number of rotatable bonds is 3. The van der Waals surface area contributed by atoms with E-state index in [1.165, 1.54) is 59.9 Å². The van der Waals surface area contributed by atoms with Crippen LogP contribution in [-0.2, 0) is 0 Å². The van der Waals surface area contributed by atoms with Gasteiger partial charge in [0.2, 0.25) is 0 Å². The lowest BCUT2D eigenvalue weighted by Gasteiger charge is -2.33. The molecule has 0 aliphatic carbocycles. The van der Waals surface area contributed by atoms with Gasteiger partial charge in [-0.3, -0.25) is 0 Å². The molecule has 0 bridgehead atoms. The molecule has 0 unspecified atom stereocenters. The summed E-state index contributed by atoms with van der Waals surface area (Å²) in [7, 11) is 0. The van der Waals surface area contributed by atoms with Gasteiger partial charge in [0, 0.05) is 54.5 Å². The maximum absolute atomic E-state index is 7.02. The molecule has 4 nitrogen and oxygen atoms in total. The number of aromatic nitrogens is 2. The fourth-order valence-electron chi connectivity index (χ4n) is 10.3. The van der Waals surface area contributed by atoms with Crippen LogP contribution in [0.3, 0.4) is 0 Å². The molecule has 0 saturated carbocycles. The van der Waals surface area contributed by atoms with Crippen molar-refractivity contribution < 1.29 is 9.39 Å². The second-order valence-electron chi connectivity index (χ2n) is 16.0. The second kappa shape index (κ2) is 11.4. The Morgan fingerprint density at radius 2 is 0.915 bits per heavy atom. The van der Waals surface area contributed by atoms with Crippen LogP contribution in [0.25, 0.3) is 99.0 Å². The zero-order valence-electron chi connectivity index (χ0n) is 31.7. The van der Waals surface area contributed by atoms with Gasteiger partial charge in [-0.2, -0.15) is 0 Å². The lowest BCUT2D eigenvalue weighted by molar-refractivity contribution is 0.480. The highest BCUT2D eigenvalue weighted by Crippen LogP contribution is 2.45. The SMILES string of the molecule is c1ccc2c(c1)OB1c3ccc(-c4ccc(-n5c6ccccc6c6ccccc65)cc4)cc3Oc3cc(-c4cc5c6ccccc6n6c7ccccc7c(c4)c56)cc-2c31. The third-order valence-corrected chi connectivity index (χ3v) is 12.9. The molecule has 3 aromatic heterocycles. The first kappa shape index (κ1) is 31.3. The minimum atomic E-state index is -0.288.